The summed E-state index contributed by atoms with van der Waals surface area (Å²) in [5, 5.41) is 3.74. The molecule has 0 saturated carbocycles. The average Bonchev–Trinajstić information content (AvgIpc) is 2.74. The number of hydrogen-bond acceptors (Lipinski definition) is 5. The lowest BCUT2D eigenvalue weighted by molar-refractivity contribution is 0.0950. The Morgan fingerprint density at radius 3 is 2.52 bits per heavy atom. The van der Waals surface area contributed by atoms with Crippen molar-refractivity contribution in [2.24, 2.45) is 5.10 Å². The first-order chi connectivity index (χ1) is 14.0. The molecule has 2 aromatic carbocycles. The molecule has 3 aromatic rings. The third-order valence-electron chi connectivity index (χ3n) is 3.85. The number of amides is 1. The van der Waals surface area contributed by atoms with Crippen LogP contribution in [-0.4, -0.2) is 17.1 Å². The first-order valence-corrected chi connectivity index (χ1v) is 9.50. The number of carbonyl (C=O) groups is 1. The maximum atomic E-state index is 12.3. The van der Waals surface area contributed by atoms with Gasteiger partial charge in [0.2, 0.25) is 0 Å². The molecule has 0 unspecified atom stereocenters. The van der Waals surface area contributed by atoms with Crippen molar-refractivity contribution in [3.05, 3.63) is 86.6 Å². The van der Waals surface area contributed by atoms with E-state index in [1.165, 1.54) is 6.21 Å². The van der Waals surface area contributed by atoms with Crippen molar-refractivity contribution in [2.45, 2.75) is 6.61 Å². The Kier molecular flexibility index (Phi) is 6.93. The Morgan fingerprint density at radius 1 is 1.07 bits per heavy atom. The number of aromatic nitrogens is 1. The largest absolute Gasteiger partial charge is 0.489 e. The summed E-state index contributed by atoms with van der Waals surface area (Å²) < 4.78 is 5.77. The van der Waals surface area contributed by atoms with Gasteiger partial charge in [0.15, 0.2) is 10.8 Å². The second kappa shape index (κ2) is 9.60. The molecule has 29 heavy (non-hydrogen) atoms. The lowest BCUT2D eigenvalue weighted by atomic mass is 10.1. The van der Waals surface area contributed by atoms with E-state index in [9.17, 15) is 4.79 Å². The summed E-state index contributed by atoms with van der Waals surface area (Å²) in [7, 11) is 0. The number of rotatable bonds is 6. The Hall–Kier alpha value is -2.80. The van der Waals surface area contributed by atoms with Crippen LogP contribution in [0.2, 0.25) is 15.2 Å². The van der Waals surface area contributed by atoms with E-state index in [1.807, 2.05) is 54.6 Å². The van der Waals surface area contributed by atoms with E-state index in [1.54, 1.807) is 0 Å². The van der Waals surface area contributed by atoms with E-state index in [4.69, 9.17) is 45.3 Å². The number of halogens is 3. The maximum absolute atomic E-state index is 12.3. The molecule has 0 saturated heterocycles. The fourth-order valence-corrected chi connectivity index (χ4v) is 2.96. The van der Waals surface area contributed by atoms with Crippen LogP contribution in [0.5, 0.6) is 5.75 Å². The zero-order chi connectivity index (χ0) is 20.8. The molecular weight excluding hydrogens is 435 g/mol. The van der Waals surface area contributed by atoms with Crippen molar-refractivity contribution in [1.82, 2.24) is 10.4 Å². The van der Waals surface area contributed by atoms with Gasteiger partial charge in [-0.15, -0.1) is 0 Å². The van der Waals surface area contributed by atoms with Gasteiger partial charge in [-0.1, -0.05) is 77.3 Å². The van der Waals surface area contributed by atoms with Gasteiger partial charge in [-0.2, -0.15) is 5.10 Å². The highest BCUT2D eigenvalue weighted by atomic mass is 35.5. The fourth-order valence-electron chi connectivity index (χ4n) is 2.36. The summed E-state index contributed by atoms with van der Waals surface area (Å²) in [6.45, 7) is 0.344. The Bertz CT molecular complexity index is 1060. The molecule has 0 spiro atoms. The van der Waals surface area contributed by atoms with Crippen molar-refractivity contribution in [3.8, 4) is 5.75 Å². The van der Waals surface area contributed by atoms with E-state index >= 15 is 0 Å². The van der Waals surface area contributed by atoms with Gasteiger partial charge in [-0.05, 0) is 17.7 Å². The maximum Gasteiger partial charge on any atom is 0.291 e. The highest BCUT2D eigenvalue weighted by Crippen LogP contribution is 2.34. The Balaban J connectivity index is 1.70. The van der Waals surface area contributed by atoms with Crippen molar-refractivity contribution >= 4 is 52.6 Å². The van der Waals surface area contributed by atoms with Crippen LogP contribution in [0, 0.1) is 0 Å². The van der Waals surface area contributed by atoms with Crippen LogP contribution in [0.25, 0.3) is 0 Å². The summed E-state index contributed by atoms with van der Waals surface area (Å²) in [5.41, 5.74) is 9.55. The summed E-state index contributed by atoms with van der Waals surface area (Å²) in [4.78, 5) is 16.2. The molecule has 0 radical (unpaired) electrons. The Labute approximate surface area is 182 Å². The molecule has 9 heteroatoms. The van der Waals surface area contributed by atoms with Crippen LogP contribution in [0.1, 0.15) is 21.6 Å². The first kappa shape index (κ1) is 20.9. The summed E-state index contributed by atoms with van der Waals surface area (Å²) in [6.07, 6.45) is 1.50. The molecule has 0 atom stereocenters. The van der Waals surface area contributed by atoms with Gasteiger partial charge in [-0.25, -0.2) is 10.4 Å². The second-order valence-corrected chi connectivity index (χ2v) is 6.91. The van der Waals surface area contributed by atoms with Gasteiger partial charge in [0.25, 0.3) is 5.91 Å². The van der Waals surface area contributed by atoms with Gasteiger partial charge in [0, 0.05) is 5.56 Å². The van der Waals surface area contributed by atoms with Crippen LogP contribution >= 0.6 is 34.8 Å². The van der Waals surface area contributed by atoms with E-state index in [0.717, 1.165) is 16.9 Å². The van der Waals surface area contributed by atoms with Gasteiger partial charge in [0.1, 0.15) is 17.4 Å². The SMILES string of the molecule is Nc1c(Cl)c(Cl)nc(C(=O)N/N=C/c2ccccc2COc2ccccc2)c1Cl. The van der Waals surface area contributed by atoms with Crippen molar-refractivity contribution in [1.29, 1.82) is 0 Å². The minimum atomic E-state index is -0.672. The molecule has 1 amide bonds. The molecule has 3 N–H and O–H groups in total. The van der Waals surface area contributed by atoms with Gasteiger partial charge in [-0.3, -0.25) is 4.79 Å². The molecule has 3 rings (SSSR count). The number of ether oxygens (including phenoxy) is 1. The summed E-state index contributed by atoms with van der Waals surface area (Å²) >= 11 is 17.7. The zero-order valence-corrected chi connectivity index (χ0v) is 17.2. The number of hydrazone groups is 1. The smallest absolute Gasteiger partial charge is 0.291 e. The number of nitrogens with one attached hydrogen (secondary N) is 1. The Morgan fingerprint density at radius 2 is 1.76 bits per heavy atom. The third kappa shape index (κ3) is 5.17. The fraction of sp³-hybridized carbons (Fsp3) is 0.0500. The average molecular weight is 450 g/mol. The standard InChI is InChI=1S/C20H15Cl3N4O2/c21-15-17(24)16(22)19(23)26-18(15)20(28)27-25-10-12-6-4-5-7-13(12)11-29-14-8-2-1-3-9-14/h1-10H,11H2,(H2,24,26)(H,27,28)/b25-10+. The number of anilines is 1. The normalized spacial score (nSPS) is 10.9. The molecular formula is C20H15Cl3N4O2. The minimum Gasteiger partial charge on any atom is -0.489 e. The number of carbonyl (C=O) groups excluding carboxylic acids is 1. The van der Waals surface area contributed by atoms with Crippen LogP contribution in [0.3, 0.4) is 0 Å². The van der Waals surface area contributed by atoms with Crippen LogP contribution in [-0.2, 0) is 6.61 Å². The topological polar surface area (TPSA) is 89.6 Å². The molecule has 0 aliphatic carbocycles. The number of nitrogens with zero attached hydrogens (tertiary/aromatic N) is 2. The van der Waals surface area contributed by atoms with Gasteiger partial charge >= 0.3 is 0 Å². The van der Waals surface area contributed by atoms with Crippen molar-refractivity contribution in [3.63, 3.8) is 0 Å². The third-order valence-corrected chi connectivity index (χ3v) is 4.98. The first-order valence-electron chi connectivity index (χ1n) is 8.36. The highest BCUT2D eigenvalue weighted by molar-refractivity contribution is 6.46. The van der Waals surface area contributed by atoms with Crippen molar-refractivity contribution in [2.75, 3.05) is 5.73 Å². The molecule has 1 aromatic heterocycles. The lowest BCUT2D eigenvalue weighted by Gasteiger charge is -2.09. The van der Waals surface area contributed by atoms with Crippen LogP contribution in [0.4, 0.5) is 5.69 Å². The van der Waals surface area contributed by atoms with E-state index in [0.29, 0.717) is 6.61 Å². The minimum absolute atomic E-state index is 0.0101. The predicted octanol–water partition coefficient (Wildman–Crippen LogP) is 4.97. The van der Waals surface area contributed by atoms with E-state index < -0.39 is 5.91 Å². The molecule has 0 bridgehead atoms. The quantitative estimate of drug-likeness (QED) is 0.316. The van der Waals surface area contributed by atoms with Crippen LogP contribution in [0.15, 0.2) is 59.7 Å². The van der Waals surface area contributed by atoms with Crippen LogP contribution < -0.4 is 15.9 Å². The number of pyridine rings is 1. The molecule has 6 nitrogen and oxygen atoms in total. The molecule has 148 valence electrons. The molecule has 0 aliphatic rings. The summed E-state index contributed by atoms with van der Waals surface area (Å²) in [5.74, 6) is 0.0833. The van der Waals surface area contributed by atoms with E-state index in [-0.39, 0.29) is 26.6 Å². The second-order valence-electron chi connectivity index (χ2n) is 5.79. The number of para-hydroxylation sites is 1. The number of hydrogen-bond donors (Lipinski definition) is 2. The number of nitrogens with two attached hydrogens (primary N) is 1. The van der Waals surface area contributed by atoms with E-state index in [2.05, 4.69) is 15.5 Å². The van der Waals surface area contributed by atoms with Gasteiger partial charge < -0.3 is 10.5 Å². The zero-order valence-electron chi connectivity index (χ0n) is 14.9. The summed E-state index contributed by atoms with van der Waals surface area (Å²) in [6, 6.07) is 17.0. The lowest BCUT2D eigenvalue weighted by Crippen LogP contribution is -2.20. The predicted molar refractivity (Wildman–Crippen MR) is 116 cm³/mol. The van der Waals surface area contributed by atoms with Crippen molar-refractivity contribution < 1.29 is 9.53 Å². The van der Waals surface area contributed by atoms with Gasteiger partial charge in [0.05, 0.1) is 16.9 Å². The number of benzene rings is 2. The highest BCUT2D eigenvalue weighted by Gasteiger charge is 2.19. The molecule has 1 heterocycles. The molecule has 0 aliphatic heterocycles. The monoisotopic (exact) mass is 448 g/mol. The number of nitrogen functional groups attached to an aromatic ring is 1. The molecule has 0 fully saturated rings.